The van der Waals surface area contributed by atoms with Crippen LogP contribution in [0, 0.1) is 5.92 Å². The minimum Gasteiger partial charge on any atom is -0.504 e. The Hall–Kier alpha value is -3.83. The molecule has 1 aliphatic carbocycles. The van der Waals surface area contributed by atoms with Crippen molar-refractivity contribution in [3.8, 4) is 5.75 Å². The number of hydrogen-bond donors (Lipinski definition) is 2. The minimum atomic E-state index is -0.992. The quantitative estimate of drug-likeness (QED) is 0.294. The monoisotopic (exact) mass is 471 g/mol. The lowest BCUT2D eigenvalue weighted by Gasteiger charge is -2.31. The minimum absolute atomic E-state index is 0.0874. The number of pyridine rings is 1. The highest BCUT2D eigenvalue weighted by Crippen LogP contribution is 2.48. The van der Waals surface area contributed by atoms with Gasteiger partial charge in [0.15, 0.2) is 11.3 Å². The summed E-state index contributed by atoms with van der Waals surface area (Å²) in [5.41, 5.74) is 6.08. The van der Waals surface area contributed by atoms with Crippen molar-refractivity contribution >= 4 is 45.8 Å². The van der Waals surface area contributed by atoms with E-state index in [2.05, 4.69) is 4.98 Å². The van der Waals surface area contributed by atoms with Crippen molar-refractivity contribution in [3.63, 3.8) is 0 Å². The number of carboxylic acid groups (broad SMARTS) is 1. The Morgan fingerprint density at radius 3 is 2.56 bits per heavy atom. The highest BCUT2D eigenvalue weighted by molar-refractivity contribution is 6.32. The zero-order valence-corrected chi connectivity index (χ0v) is 19.0. The number of carboxylic acids is 1. The first-order chi connectivity index (χ1) is 16.5. The molecule has 0 aliphatic heterocycles. The van der Waals surface area contributed by atoms with E-state index in [0.29, 0.717) is 16.5 Å². The standard InChI is InChI=1S/C28H22ClNO4/c29-23-15-30-14-13-21(23)26(18-3-1-4-18)27(19-10-7-17(8-11-19)9-12-25(32)33)22-16-34-28-20(22)5-2-6-24(28)31/h2,5-16,18,31H,1,3-4H2,(H,32,33)/b12-9+,27-26+. The topological polar surface area (TPSA) is 83.6 Å². The molecule has 2 aromatic carbocycles. The Morgan fingerprint density at radius 2 is 1.88 bits per heavy atom. The van der Waals surface area contributed by atoms with Gasteiger partial charge in [-0.05, 0) is 59.2 Å². The van der Waals surface area contributed by atoms with Crippen molar-refractivity contribution in [3.05, 3.63) is 101 Å². The molecule has 2 N–H and O–H groups in total. The van der Waals surface area contributed by atoms with Crippen LogP contribution in [0.5, 0.6) is 5.75 Å². The van der Waals surface area contributed by atoms with Gasteiger partial charge >= 0.3 is 5.97 Å². The SMILES string of the molecule is O=C(O)/C=C/c1ccc(/C(=C(\c2ccncc2Cl)C2CCC2)c2coc3c(O)cccc23)cc1. The molecule has 170 valence electrons. The second-order valence-corrected chi connectivity index (χ2v) is 8.78. The van der Waals surface area contributed by atoms with Gasteiger partial charge in [-0.25, -0.2) is 4.79 Å². The van der Waals surface area contributed by atoms with Crippen LogP contribution in [-0.2, 0) is 4.79 Å². The van der Waals surface area contributed by atoms with Gasteiger partial charge in [0.25, 0.3) is 0 Å². The van der Waals surface area contributed by atoms with Gasteiger partial charge in [0.1, 0.15) is 0 Å². The molecule has 0 bridgehead atoms. The van der Waals surface area contributed by atoms with E-state index < -0.39 is 5.97 Å². The normalized spacial score (nSPS) is 14.9. The van der Waals surface area contributed by atoms with Crippen LogP contribution in [0.2, 0.25) is 5.02 Å². The molecule has 1 aliphatic rings. The molecule has 5 rings (SSSR count). The average Bonchev–Trinajstić information content (AvgIpc) is 3.22. The van der Waals surface area contributed by atoms with E-state index >= 15 is 0 Å². The number of allylic oxidation sites excluding steroid dienone is 1. The van der Waals surface area contributed by atoms with Crippen molar-refractivity contribution in [1.29, 1.82) is 0 Å². The summed E-state index contributed by atoms with van der Waals surface area (Å²) in [6.45, 7) is 0. The number of hydrogen-bond acceptors (Lipinski definition) is 4. The predicted molar refractivity (Wildman–Crippen MR) is 133 cm³/mol. The van der Waals surface area contributed by atoms with E-state index in [1.165, 1.54) is 0 Å². The van der Waals surface area contributed by atoms with Gasteiger partial charge in [-0.1, -0.05) is 54.4 Å². The van der Waals surface area contributed by atoms with Crippen LogP contribution in [0.25, 0.3) is 28.2 Å². The number of phenols is 1. The van der Waals surface area contributed by atoms with E-state index in [1.807, 2.05) is 36.4 Å². The molecular weight excluding hydrogens is 450 g/mol. The van der Waals surface area contributed by atoms with E-state index in [0.717, 1.165) is 64.1 Å². The second kappa shape index (κ2) is 9.20. The Balaban J connectivity index is 1.78. The van der Waals surface area contributed by atoms with Gasteiger partial charge in [-0.3, -0.25) is 4.98 Å². The van der Waals surface area contributed by atoms with Gasteiger partial charge in [0.2, 0.25) is 0 Å². The lowest BCUT2D eigenvalue weighted by Crippen LogP contribution is -2.15. The number of carbonyl (C=O) groups is 1. The molecule has 2 aromatic heterocycles. The number of para-hydroxylation sites is 1. The highest BCUT2D eigenvalue weighted by Gasteiger charge is 2.29. The van der Waals surface area contributed by atoms with Crippen LogP contribution < -0.4 is 0 Å². The third kappa shape index (κ3) is 4.11. The molecule has 1 fully saturated rings. The van der Waals surface area contributed by atoms with Crippen molar-refractivity contribution in [1.82, 2.24) is 4.98 Å². The number of aromatic nitrogens is 1. The summed E-state index contributed by atoms with van der Waals surface area (Å²) in [6, 6.07) is 15.0. The number of benzene rings is 2. The van der Waals surface area contributed by atoms with E-state index in [1.54, 1.807) is 36.9 Å². The third-order valence-electron chi connectivity index (χ3n) is 6.31. The lowest BCUT2D eigenvalue weighted by molar-refractivity contribution is -0.131. The van der Waals surface area contributed by atoms with E-state index in [-0.39, 0.29) is 5.75 Å². The molecule has 0 saturated heterocycles. The number of nitrogens with zero attached hydrogens (tertiary/aromatic N) is 1. The Labute approximate surface area is 201 Å². The van der Waals surface area contributed by atoms with Gasteiger partial charge < -0.3 is 14.6 Å². The maximum atomic E-state index is 10.9. The number of aliphatic carboxylic acids is 1. The molecule has 0 atom stereocenters. The summed E-state index contributed by atoms with van der Waals surface area (Å²) in [5, 5.41) is 20.7. The summed E-state index contributed by atoms with van der Waals surface area (Å²) in [7, 11) is 0. The Kier molecular flexibility index (Phi) is 5.95. The van der Waals surface area contributed by atoms with Crippen molar-refractivity contribution < 1.29 is 19.4 Å². The number of phenolic OH excluding ortho intramolecular Hbond substituents is 1. The van der Waals surface area contributed by atoms with Crippen LogP contribution >= 0.6 is 11.6 Å². The summed E-state index contributed by atoms with van der Waals surface area (Å²) >= 11 is 6.65. The second-order valence-electron chi connectivity index (χ2n) is 8.37. The average molecular weight is 472 g/mol. The van der Waals surface area contributed by atoms with Crippen molar-refractivity contribution in [2.24, 2.45) is 5.92 Å². The fraction of sp³-hybridized carbons (Fsp3) is 0.143. The number of furan rings is 1. The molecule has 0 spiro atoms. The molecule has 6 heteroatoms. The van der Waals surface area contributed by atoms with Gasteiger partial charge in [0.05, 0.1) is 11.3 Å². The predicted octanol–water partition coefficient (Wildman–Crippen LogP) is 7.04. The molecule has 4 aromatic rings. The van der Waals surface area contributed by atoms with Crippen LogP contribution in [0.1, 0.15) is 41.5 Å². The zero-order chi connectivity index (χ0) is 23.7. The van der Waals surface area contributed by atoms with Crippen LogP contribution in [-0.4, -0.2) is 21.2 Å². The first kappa shape index (κ1) is 22.0. The van der Waals surface area contributed by atoms with Gasteiger partial charge in [-0.15, -0.1) is 0 Å². The largest absolute Gasteiger partial charge is 0.504 e. The molecule has 2 heterocycles. The summed E-state index contributed by atoms with van der Waals surface area (Å²) in [6.07, 6.45) is 11.0. The molecular formula is C28H22ClNO4. The number of rotatable bonds is 6. The van der Waals surface area contributed by atoms with Crippen LogP contribution in [0.4, 0.5) is 0 Å². The number of aromatic hydroxyl groups is 1. The zero-order valence-electron chi connectivity index (χ0n) is 18.2. The Morgan fingerprint density at radius 1 is 1.09 bits per heavy atom. The fourth-order valence-electron chi connectivity index (χ4n) is 4.47. The molecule has 0 amide bonds. The van der Waals surface area contributed by atoms with Gasteiger partial charge in [-0.2, -0.15) is 0 Å². The first-order valence-corrected chi connectivity index (χ1v) is 11.5. The fourth-order valence-corrected chi connectivity index (χ4v) is 4.69. The smallest absolute Gasteiger partial charge is 0.328 e. The van der Waals surface area contributed by atoms with E-state index in [9.17, 15) is 9.90 Å². The first-order valence-electron chi connectivity index (χ1n) is 11.1. The lowest BCUT2D eigenvalue weighted by atomic mass is 9.73. The van der Waals surface area contributed by atoms with Crippen LogP contribution in [0.3, 0.4) is 0 Å². The molecule has 1 saturated carbocycles. The molecule has 5 nitrogen and oxygen atoms in total. The maximum absolute atomic E-state index is 10.9. The molecule has 0 radical (unpaired) electrons. The highest BCUT2D eigenvalue weighted by atomic mass is 35.5. The van der Waals surface area contributed by atoms with E-state index in [4.69, 9.17) is 21.1 Å². The molecule has 34 heavy (non-hydrogen) atoms. The van der Waals surface area contributed by atoms with Crippen LogP contribution in [0.15, 0.2) is 77.7 Å². The summed E-state index contributed by atoms with van der Waals surface area (Å²) in [4.78, 5) is 15.1. The number of fused-ring (bicyclic) bond motifs is 1. The van der Waals surface area contributed by atoms with Crippen molar-refractivity contribution in [2.45, 2.75) is 19.3 Å². The third-order valence-corrected chi connectivity index (χ3v) is 6.61. The summed E-state index contributed by atoms with van der Waals surface area (Å²) < 4.78 is 5.81. The maximum Gasteiger partial charge on any atom is 0.328 e. The molecule has 0 unspecified atom stereocenters. The van der Waals surface area contributed by atoms with Crippen molar-refractivity contribution in [2.75, 3.05) is 0 Å². The van der Waals surface area contributed by atoms with Gasteiger partial charge in [0, 0.05) is 35.0 Å². The Bertz CT molecular complexity index is 1430. The number of halogens is 1. The summed E-state index contributed by atoms with van der Waals surface area (Å²) in [5.74, 6) is -0.581.